The van der Waals surface area contributed by atoms with Gasteiger partial charge in [0.2, 0.25) is 11.8 Å². The SMILES string of the molecule is Cc1ccc(C(C(=O)NC(C)(C)C)N(C(=O)C(NC(=O)OC(C)(C)C)C(C)C)C(C)CCC(C)C)cc1C. The quantitative estimate of drug-likeness (QED) is 0.363. The number of carbonyl (C=O) groups excluding carboxylic acids is 3. The lowest BCUT2D eigenvalue weighted by atomic mass is 9.93. The summed E-state index contributed by atoms with van der Waals surface area (Å²) in [5.41, 5.74) is 1.72. The van der Waals surface area contributed by atoms with Crippen molar-refractivity contribution in [1.29, 1.82) is 0 Å². The fraction of sp³-hybridized carbons (Fsp3) is 0.710. The third kappa shape index (κ3) is 10.7. The summed E-state index contributed by atoms with van der Waals surface area (Å²) in [5, 5.41) is 5.90. The van der Waals surface area contributed by atoms with Gasteiger partial charge in [0, 0.05) is 11.6 Å². The average molecular weight is 532 g/mol. The predicted molar refractivity (Wildman–Crippen MR) is 155 cm³/mol. The molecule has 38 heavy (non-hydrogen) atoms. The first kappa shape index (κ1) is 33.5. The summed E-state index contributed by atoms with van der Waals surface area (Å²) in [5.74, 6) is -0.320. The van der Waals surface area contributed by atoms with E-state index in [1.165, 1.54) is 0 Å². The standard InChI is InChI=1S/C31H53N3O4/c1-19(2)14-16-23(7)34(28(36)25(20(3)4)32-29(37)38-31(11,12)13)26(27(35)33-30(8,9)10)24-17-15-21(5)22(6)18-24/h15,17-20,23,25-26H,14,16H2,1-13H3,(H,32,37)(H,33,35). The molecule has 1 rings (SSSR count). The molecule has 2 N–H and O–H groups in total. The molecule has 7 heteroatoms. The molecular weight excluding hydrogens is 478 g/mol. The normalized spacial score (nSPS) is 14.6. The van der Waals surface area contributed by atoms with E-state index in [1.54, 1.807) is 25.7 Å². The highest BCUT2D eigenvalue weighted by Crippen LogP contribution is 2.30. The zero-order valence-electron chi connectivity index (χ0n) is 26.1. The van der Waals surface area contributed by atoms with Crippen LogP contribution < -0.4 is 10.6 Å². The van der Waals surface area contributed by atoms with E-state index in [0.717, 1.165) is 29.5 Å². The fourth-order valence-electron chi connectivity index (χ4n) is 4.23. The lowest BCUT2D eigenvalue weighted by Gasteiger charge is -2.40. The van der Waals surface area contributed by atoms with Crippen LogP contribution in [0.3, 0.4) is 0 Å². The van der Waals surface area contributed by atoms with E-state index in [1.807, 2.05) is 73.6 Å². The lowest BCUT2D eigenvalue weighted by molar-refractivity contribution is -0.146. The van der Waals surface area contributed by atoms with Gasteiger partial charge in [-0.05, 0) is 104 Å². The summed E-state index contributed by atoms with van der Waals surface area (Å²) in [7, 11) is 0. The topological polar surface area (TPSA) is 87.7 Å². The number of nitrogens with one attached hydrogen (secondary N) is 2. The first-order valence-electron chi connectivity index (χ1n) is 13.9. The van der Waals surface area contributed by atoms with E-state index in [0.29, 0.717) is 5.92 Å². The van der Waals surface area contributed by atoms with E-state index in [9.17, 15) is 14.4 Å². The molecule has 3 amide bonds. The maximum absolute atomic E-state index is 14.4. The van der Waals surface area contributed by atoms with Gasteiger partial charge in [-0.2, -0.15) is 0 Å². The first-order valence-corrected chi connectivity index (χ1v) is 13.9. The monoisotopic (exact) mass is 531 g/mol. The van der Waals surface area contributed by atoms with Crippen LogP contribution in [0.25, 0.3) is 0 Å². The lowest BCUT2D eigenvalue weighted by Crippen LogP contribution is -2.58. The minimum absolute atomic E-state index is 0.221. The third-order valence-electron chi connectivity index (χ3n) is 6.37. The number of amides is 3. The van der Waals surface area contributed by atoms with Crippen LogP contribution in [0.1, 0.15) is 112 Å². The van der Waals surface area contributed by atoms with Crippen molar-refractivity contribution in [3.05, 3.63) is 34.9 Å². The Morgan fingerprint density at radius 3 is 1.92 bits per heavy atom. The third-order valence-corrected chi connectivity index (χ3v) is 6.37. The zero-order chi connectivity index (χ0) is 29.6. The van der Waals surface area contributed by atoms with Gasteiger partial charge in [-0.1, -0.05) is 45.9 Å². The van der Waals surface area contributed by atoms with E-state index >= 15 is 0 Å². The Hall–Kier alpha value is -2.57. The van der Waals surface area contributed by atoms with Gasteiger partial charge in [-0.25, -0.2) is 4.79 Å². The second kappa shape index (κ2) is 13.5. The van der Waals surface area contributed by atoms with Crippen LogP contribution in [0.2, 0.25) is 0 Å². The van der Waals surface area contributed by atoms with Crippen LogP contribution in [-0.4, -0.2) is 46.0 Å². The summed E-state index contributed by atoms with van der Waals surface area (Å²) in [4.78, 5) is 42.7. The molecular formula is C31H53N3O4. The molecule has 3 unspecified atom stereocenters. The number of aryl methyl sites for hydroxylation is 2. The Bertz CT molecular complexity index is 957. The molecule has 0 aromatic heterocycles. The van der Waals surface area contributed by atoms with Crippen LogP contribution in [0, 0.1) is 25.7 Å². The summed E-state index contributed by atoms with van der Waals surface area (Å²) < 4.78 is 5.47. The van der Waals surface area contributed by atoms with Crippen LogP contribution >= 0.6 is 0 Å². The number of rotatable bonds is 10. The number of hydrogen-bond donors (Lipinski definition) is 2. The van der Waals surface area contributed by atoms with Crippen LogP contribution in [0.4, 0.5) is 4.79 Å². The predicted octanol–water partition coefficient (Wildman–Crippen LogP) is 6.46. The number of hydrogen-bond acceptors (Lipinski definition) is 4. The molecule has 216 valence electrons. The number of nitrogens with zero attached hydrogens (tertiary/aromatic N) is 1. The fourth-order valence-corrected chi connectivity index (χ4v) is 4.23. The van der Waals surface area contributed by atoms with Gasteiger partial charge in [0.05, 0.1) is 0 Å². The molecule has 0 aliphatic rings. The summed E-state index contributed by atoms with van der Waals surface area (Å²) in [6.45, 7) is 25.2. The molecule has 0 radical (unpaired) electrons. The Balaban J connectivity index is 3.69. The van der Waals surface area contributed by atoms with Crippen LogP contribution in [-0.2, 0) is 14.3 Å². The van der Waals surface area contributed by atoms with Gasteiger partial charge in [0.1, 0.15) is 17.7 Å². The van der Waals surface area contributed by atoms with Crippen molar-refractivity contribution in [2.24, 2.45) is 11.8 Å². The molecule has 0 heterocycles. The Kier molecular flexibility index (Phi) is 11.9. The second-order valence-corrected chi connectivity index (χ2v) is 13.4. The Morgan fingerprint density at radius 2 is 1.47 bits per heavy atom. The number of alkyl carbamates (subject to hydrolysis) is 1. The molecule has 1 aromatic rings. The molecule has 0 fully saturated rings. The van der Waals surface area contributed by atoms with Crippen molar-refractivity contribution >= 4 is 17.9 Å². The van der Waals surface area contributed by atoms with E-state index < -0.39 is 29.3 Å². The van der Waals surface area contributed by atoms with Gasteiger partial charge >= 0.3 is 6.09 Å². The van der Waals surface area contributed by atoms with E-state index in [-0.39, 0.29) is 23.8 Å². The van der Waals surface area contributed by atoms with Gasteiger partial charge in [-0.3, -0.25) is 9.59 Å². The van der Waals surface area contributed by atoms with Crippen molar-refractivity contribution in [2.45, 2.75) is 132 Å². The van der Waals surface area contributed by atoms with Gasteiger partial charge in [0.15, 0.2) is 0 Å². The zero-order valence-corrected chi connectivity index (χ0v) is 26.1. The van der Waals surface area contributed by atoms with E-state index in [4.69, 9.17) is 4.74 Å². The van der Waals surface area contributed by atoms with Crippen molar-refractivity contribution in [2.75, 3.05) is 0 Å². The minimum Gasteiger partial charge on any atom is -0.444 e. The molecule has 3 atom stereocenters. The number of carbonyl (C=O) groups is 3. The van der Waals surface area contributed by atoms with Crippen molar-refractivity contribution in [3.63, 3.8) is 0 Å². The summed E-state index contributed by atoms with van der Waals surface area (Å²) in [6.07, 6.45) is 0.975. The average Bonchev–Trinajstić information content (AvgIpc) is 2.73. The van der Waals surface area contributed by atoms with Crippen LogP contribution in [0.5, 0.6) is 0 Å². The van der Waals surface area contributed by atoms with Gasteiger partial charge < -0.3 is 20.3 Å². The van der Waals surface area contributed by atoms with Crippen molar-refractivity contribution in [1.82, 2.24) is 15.5 Å². The van der Waals surface area contributed by atoms with Gasteiger partial charge in [0.25, 0.3) is 0 Å². The molecule has 0 aliphatic heterocycles. The first-order chi connectivity index (χ1) is 17.2. The van der Waals surface area contributed by atoms with Crippen molar-refractivity contribution < 1.29 is 19.1 Å². The van der Waals surface area contributed by atoms with Crippen LogP contribution in [0.15, 0.2) is 18.2 Å². The molecule has 1 aromatic carbocycles. The smallest absolute Gasteiger partial charge is 0.408 e. The highest BCUT2D eigenvalue weighted by molar-refractivity contribution is 5.92. The Labute approximate surface area is 231 Å². The summed E-state index contributed by atoms with van der Waals surface area (Å²) in [6, 6.07) is 3.94. The molecule has 7 nitrogen and oxygen atoms in total. The largest absolute Gasteiger partial charge is 0.444 e. The van der Waals surface area contributed by atoms with Gasteiger partial charge in [-0.15, -0.1) is 0 Å². The Morgan fingerprint density at radius 1 is 0.895 bits per heavy atom. The van der Waals surface area contributed by atoms with E-state index in [2.05, 4.69) is 24.5 Å². The molecule has 0 bridgehead atoms. The highest BCUT2D eigenvalue weighted by atomic mass is 16.6. The molecule has 0 saturated heterocycles. The highest BCUT2D eigenvalue weighted by Gasteiger charge is 2.40. The van der Waals surface area contributed by atoms with Crippen molar-refractivity contribution in [3.8, 4) is 0 Å². The minimum atomic E-state index is -0.858. The number of ether oxygens (including phenoxy) is 1. The number of benzene rings is 1. The maximum atomic E-state index is 14.4. The molecule has 0 spiro atoms. The molecule has 0 aliphatic carbocycles. The molecule has 0 saturated carbocycles. The second-order valence-electron chi connectivity index (χ2n) is 13.4. The summed E-state index contributed by atoms with van der Waals surface area (Å²) >= 11 is 0. The maximum Gasteiger partial charge on any atom is 0.408 e.